The van der Waals surface area contributed by atoms with Gasteiger partial charge in [-0.2, -0.15) is 26.3 Å². The first-order chi connectivity index (χ1) is 9.06. The Morgan fingerprint density at radius 2 is 1.05 bits per heavy atom. The van der Waals surface area contributed by atoms with E-state index in [0.29, 0.717) is 19.3 Å². The van der Waals surface area contributed by atoms with Gasteiger partial charge < -0.3 is 10.2 Å². The molecule has 0 atom stereocenters. The number of unbranched alkanes of at least 4 members (excludes halogenated alkanes) is 6. The molecule has 2 N–H and O–H groups in total. The van der Waals surface area contributed by atoms with Crippen molar-refractivity contribution >= 4 is 0 Å². The molecule has 0 rings (SSSR count). The van der Waals surface area contributed by atoms with Gasteiger partial charge in [0, 0.05) is 13.0 Å². The second-order valence-electron chi connectivity index (χ2n) is 4.77. The van der Waals surface area contributed by atoms with Gasteiger partial charge in [0.1, 0.15) is 0 Å². The van der Waals surface area contributed by atoms with Crippen molar-refractivity contribution in [3.8, 4) is 0 Å². The van der Waals surface area contributed by atoms with Crippen LogP contribution in [0.25, 0.3) is 0 Å². The molecule has 0 radical (unpaired) electrons. The SMILES string of the molecule is OCCCCCCCCCC(F)(F)C(F)(F)C(O)(F)F. The topological polar surface area (TPSA) is 40.5 Å². The first-order valence-electron chi connectivity index (χ1n) is 6.53. The van der Waals surface area contributed by atoms with Crippen LogP contribution in [-0.4, -0.2) is 34.8 Å². The van der Waals surface area contributed by atoms with E-state index in [4.69, 9.17) is 10.2 Å². The summed E-state index contributed by atoms with van der Waals surface area (Å²) in [5, 5.41) is 16.3. The molecule has 0 unspecified atom stereocenters. The molecule has 0 aromatic rings. The second kappa shape index (κ2) is 8.07. The number of alkyl halides is 6. The van der Waals surface area contributed by atoms with Crippen LogP contribution in [0.2, 0.25) is 0 Å². The minimum Gasteiger partial charge on any atom is -0.396 e. The zero-order chi connectivity index (χ0) is 15.9. The van der Waals surface area contributed by atoms with Gasteiger partial charge in [0.2, 0.25) is 0 Å². The molecule has 0 aliphatic carbocycles. The van der Waals surface area contributed by atoms with Crippen molar-refractivity contribution in [2.45, 2.75) is 69.3 Å². The second-order valence-corrected chi connectivity index (χ2v) is 4.77. The molecule has 0 fully saturated rings. The van der Waals surface area contributed by atoms with Crippen LogP contribution in [0.3, 0.4) is 0 Å². The average molecular weight is 310 g/mol. The van der Waals surface area contributed by atoms with Gasteiger partial charge in [0.15, 0.2) is 0 Å². The summed E-state index contributed by atoms with van der Waals surface area (Å²) >= 11 is 0. The summed E-state index contributed by atoms with van der Waals surface area (Å²) in [6.45, 7) is 0.0800. The molecule has 20 heavy (non-hydrogen) atoms. The fourth-order valence-corrected chi connectivity index (χ4v) is 1.72. The number of hydrogen-bond donors (Lipinski definition) is 2. The van der Waals surface area contributed by atoms with Crippen LogP contribution in [-0.2, 0) is 0 Å². The van der Waals surface area contributed by atoms with Crippen molar-refractivity contribution in [1.29, 1.82) is 0 Å². The van der Waals surface area contributed by atoms with Crippen LogP contribution in [0.15, 0.2) is 0 Å². The Hall–Kier alpha value is -0.500. The summed E-state index contributed by atoms with van der Waals surface area (Å²) in [7, 11) is 0. The van der Waals surface area contributed by atoms with Crippen molar-refractivity contribution in [2.24, 2.45) is 0 Å². The molecule has 2 nitrogen and oxygen atoms in total. The molecule has 0 spiro atoms. The maximum absolute atomic E-state index is 13.0. The molecule has 0 aliphatic rings. The van der Waals surface area contributed by atoms with Crippen LogP contribution in [0.4, 0.5) is 26.3 Å². The third kappa shape index (κ3) is 5.87. The quantitative estimate of drug-likeness (QED) is 0.448. The van der Waals surface area contributed by atoms with Crippen molar-refractivity contribution in [1.82, 2.24) is 0 Å². The minimum absolute atomic E-state index is 0.0800. The van der Waals surface area contributed by atoms with Crippen LogP contribution >= 0.6 is 0 Å². The summed E-state index contributed by atoms with van der Waals surface area (Å²) < 4.78 is 75.3. The molecule has 0 aromatic carbocycles. The Morgan fingerprint density at radius 1 is 0.650 bits per heavy atom. The van der Waals surface area contributed by atoms with E-state index in [9.17, 15) is 26.3 Å². The normalized spacial score (nSPS) is 13.8. The minimum atomic E-state index is -5.76. The van der Waals surface area contributed by atoms with Crippen molar-refractivity contribution in [3.05, 3.63) is 0 Å². The van der Waals surface area contributed by atoms with Crippen LogP contribution in [0.1, 0.15) is 51.4 Å². The van der Waals surface area contributed by atoms with Gasteiger partial charge in [-0.3, -0.25) is 0 Å². The Balaban J connectivity index is 3.94. The van der Waals surface area contributed by atoms with Gasteiger partial charge in [-0.05, 0) is 12.8 Å². The van der Waals surface area contributed by atoms with E-state index in [1.807, 2.05) is 0 Å². The summed E-state index contributed by atoms with van der Waals surface area (Å²) in [5.41, 5.74) is 0. The van der Waals surface area contributed by atoms with E-state index >= 15 is 0 Å². The summed E-state index contributed by atoms with van der Waals surface area (Å²) in [6.07, 6.45) is -3.76. The Labute approximate surface area is 113 Å². The Morgan fingerprint density at radius 3 is 1.45 bits per heavy atom. The van der Waals surface area contributed by atoms with Gasteiger partial charge in [-0.1, -0.05) is 32.1 Å². The Kier molecular flexibility index (Phi) is 7.87. The smallest absolute Gasteiger partial charge is 0.396 e. The molecule has 0 heterocycles. The molecule has 0 saturated carbocycles. The van der Waals surface area contributed by atoms with Gasteiger partial charge in [0.05, 0.1) is 0 Å². The Bertz CT molecular complexity index is 265. The van der Waals surface area contributed by atoms with Crippen molar-refractivity contribution in [2.75, 3.05) is 6.61 Å². The highest BCUT2D eigenvalue weighted by Gasteiger charge is 2.70. The maximum Gasteiger partial charge on any atom is 0.423 e. The summed E-state index contributed by atoms with van der Waals surface area (Å²) in [5.74, 6) is -10.7. The summed E-state index contributed by atoms with van der Waals surface area (Å²) in [4.78, 5) is 0. The number of aliphatic hydroxyl groups excluding tert-OH is 1. The lowest BCUT2D eigenvalue weighted by molar-refractivity contribution is -0.384. The highest BCUT2D eigenvalue weighted by atomic mass is 19.3. The summed E-state index contributed by atoms with van der Waals surface area (Å²) in [6, 6.07) is 0. The molecule has 8 heteroatoms. The number of halogens is 6. The molecule has 122 valence electrons. The molecule has 0 saturated heterocycles. The highest BCUT2D eigenvalue weighted by Crippen LogP contribution is 2.46. The number of aliphatic hydroxyl groups is 2. The maximum atomic E-state index is 13.0. The number of hydrogen-bond acceptors (Lipinski definition) is 2. The standard InChI is InChI=1S/C12H20F6O2/c13-10(14,11(15,16)12(17,18)20)8-6-4-2-1-3-5-7-9-19/h19-20H,1-9H2. The van der Waals surface area contributed by atoms with Gasteiger partial charge in [-0.15, -0.1) is 0 Å². The molecule has 0 bridgehead atoms. The monoisotopic (exact) mass is 310 g/mol. The molecule has 0 amide bonds. The van der Waals surface area contributed by atoms with E-state index in [2.05, 4.69) is 0 Å². The lowest BCUT2D eigenvalue weighted by Gasteiger charge is -2.29. The molecule has 0 aromatic heterocycles. The predicted octanol–water partition coefficient (Wildman–Crippen LogP) is 3.96. The third-order valence-electron chi connectivity index (χ3n) is 2.99. The van der Waals surface area contributed by atoms with Gasteiger partial charge in [-0.25, -0.2) is 0 Å². The molecular formula is C12H20F6O2. The fraction of sp³-hybridized carbons (Fsp3) is 1.00. The highest BCUT2D eigenvalue weighted by molar-refractivity contribution is 4.90. The van der Waals surface area contributed by atoms with E-state index < -0.39 is 24.4 Å². The largest absolute Gasteiger partial charge is 0.423 e. The zero-order valence-corrected chi connectivity index (χ0v) is 11.0. The third-order valence-corrected chi connectivity index (χ3v) is 2.99. The zero-order valence-electron chi connectivity index (χ0n) is 11.0. The van der Waals surface area contributed by atoms with E-state index in [1.54, 1.807) is 0 Å². The predicted molar refractivity (Wildman–Crippen MR) is 61.1 cm³/mol. The van der Waals surface area contributed by atoms with Gasteiger partial charge in [0.25, 0.3) is 0 Å². The lowest BCUT2D eigenvalue weighted by Crippen LogP contribution is -2.53. The van der Waals surface area contributed by atoms with E-state index in [-0.39, 0.29) is 19.4 Å². The number of rotatable bonds is 11. The first-order valence-corrected chi connectivity index (χ1v) is 6.53. The molecule has 0 aliphatic heterocycles. The van der Waals surface area contributed by atoms with E-state index in [0.717, 1.165) is 12.8 Å². The van der Waals surface area contributed by atoms with E-state index in [1.165, 1.54) is 0 Å². The average Bonchev–Trinajstić information content (AvgIpc) is 2.31. The van der Waals surface area contributed by atoms with Crippen molar-refractivity contribution < 1.29 is 36.6 Å². The van der Waals surface area contributed by atoms with Crippen LogP contribution in [0.5, 0.6) is 0 Å². The van der Waals surface area contributed by atoms with Crippen LogP contribution in [0, 0.1) is 0 Å². The molecular weight excluding hydrogens is 290 g/mol. The fourth-order valence-electron chi connectivity index (χ4n) is 1.72. The van der Waals surface area contributed by atoms with Crippen LogP contribution < -0.4 is 0 Å². The van der Waals surface area contributed by atoms with Gasteiger partial charge >= 0.3 is 18.0 Å². The van der Waals surface area contributed by atoms with Crippen molar-refractivity contribution in [3.63, 3.8) is 0 Å². The first kappa shape index (κ1) is 19.5. The lowest BCUT2D eigenvalue weighted by atomic mass is 10.0.